The minimum atomic E-state index is 0.909. The normalized spacial score (nSPS) is 11.3. The summed E-state index contributed by atoms with van der Waals surface area (Å²) in [6.45, 7) is 0. The second kappa shape index (κ2) is 11.8. The second-order valence-corrected chi connectivity index (χ2v) is 12.2. The molecule has 2 heteroatoms. The molecule has 0 saturated carbocycles. The SMILES string of the molecule is c1ccc(-c2cc(-c3ccccc3)cc(N(c3ccc(-c4cccc5c4oc4ccccc45)cc3)c3cccc4ccccc34)c2)cc1. The van der Waals surface area contributed by atoms with E-state index < -0.39 is 0 Å². The van der Waals surface area contributed by atoms with E-state index in [0.29, 0.717) is 0 Å². The topological polar surface area (TPSA) is 16.4 Å². The lowest BCUT2D eigenvalue weighted by molar-refractivity contribution is 0.670. The molecule has 0 radical (unpaired) electrons. The highest BCUT2D eigenvalue weighted by molar-refractivity contribution is 6.09. The van der Waals surface area contributed by atoms with Gasteiger partial charge in [0, 0.05) is 33.1 Å². The molecule has 0 N–H and O–H groups in total. The van der Waals surface area contributed by atoms with Crippen molar-refractivity contribution in [3.05, 3.63) is 188 Å². The van der Waals surface area contributed by atoms with Crippen molar-refractivity contribution in [3.8, 4) is 33.4 Å². The van der Waals surface area contributed by atoms with Crippen LogP contribution in [0.2, 0.25) is 0 Å². The van der Waals surface area contributed by atoms with Crippen molar-refractivity contribution < 1.29 is 4.42 Å². The summed E-state index contributed by atoms with van der Waals surface area (Å²) in [6, 6.07) is 67.0. The molecule has 1 heterocycles. The molecular formula is C46H31NO. The maximum Gasteiger partial charge on any atom is 0.143 e. The van der Waals surface area contributed by atoms with E-state index in [2.05, 4.69) is 181 Å². The second-order valence-electron chi connectivity index (χ2n) is 12.2. The van der Waals surface area contributed by atoms with E-state index in [-0.39, 0.29) is 0 Å². The zero-order valence-electron chi connectivity index (χ0n) is 26.3. The van der Waals surface area contributed by atoms with Crippen LogP contribution in [0.25, 0.3) is 66.1 Å². The maximum absolute atomic E-state index is 6.40. The molecule has 0 aliphatic carbocycles. The van der Waals surface area contributed by atoms with Crippen LogP contribution in [0.4, 0.5) is 17.1 Å². The molecule has 226 valence electrons. The molecule has 2 nitrogen and oxygen atoms in total. The largest absolute Gasteiger partial charge is 0.455 e. The first-order chi connectivity index (χ1) is 23.8. The van der Waals surface area contributed by atoms with Crippen LogP contribution in [-0.4, -0.2) is 0 Å². The van der Waals surface area contributed by atoms with Gasteiger partial charge in [-0.25, -0.2) is 0 Å². The Morgan fingerprint density at radius 2 is 0.938 bits per heavy atom. The van der Waals surface area contributed by atoms with Gasteiger partial charge >= 0.3 is 0 Å². The van der Waals surface area contributed by atoms with Gasteiger partial charge in [0.15, 0.2) is 0 Å². The van der Waals surface area contributed by atoms with Crippen LogP contribution >= 0.6 is 0 Å². The van der Waals surface area contributed by atoms with Crippen LogP contribution in [-0.2, 0) is 0 Å². The minimum absolute atomic E-state index is 0.909. The molecule has 0 atom stereocenters. The number of hydrogen-bond acceptors (Lipinski definition) is 2. The highest BCUT2D eigenvalue weighted by atomic mass is 16.3. The Hall–Kier alpha value is -6.38. The highest BCUT2D eigenvalue weighted by Crippen LogP contribution is 2.43. The van der Waals surface area contributed by atoms with Gasteiger partial charge in [-0.05, 0) is 75.7 Å². The lowest BCUT2D eigenvalue weighted by Crippen LogP contribution is -2.11. The third-order valence-electron chi connectivity index (χ3n) is 9.24. The summed E-state index contributed by atoms with van der Waals surface area (Å²) in [5, 5.41) is 4.68. The van der Waals surface area contributed by atoms with E-state index in [1.807, 2.05) is 12.1 Å². The van der Waals surface area contributed by atoms with Gasteiger partial charge in [0.25, 0.3) is 0 Å². The van der Waals surface area contributed by atoms with Gasteiger partial charge in [0.1, 0.15) is 11.2 Å². The molecule has 48 heavy (non-hydrogen) atoms. The average Bonchev–Trinajstić information content (AvgIpc) is 3.55. The van der Waals surface area contributed by atoms with Gasteiger partial charge < -0.3 is 9.32 Å². The summed E-state index contributed by atoms with van der Waals surface area (Å²) < 4.78 is 6.40. The predicted octanol–water partition coefficient (Wildman–Crippen LogP) is 13.2. The number of hydrogen-bond donors (Lipinski definition) is 0. The zero-order chi connectivity index (χ0) is 31.9. The Morgan fingerprint density at radius 3 is 1.67 bits per heavy atom. The van der Waals surface area contributed by atoms with Crippen molar-refractivity contribution in [3.63, 3.8) is 0 Å². The highest BCUT2D eigenvalue weighted by Gasteiger charge is 2.19. The zero-order valence-corrected chi connectivity index (χ0v) is 26.3. The first-order valence-corrected chi connectivity index (χ1v) is 16.3. The van der Waals surface area contributed by atoms with Crippen LogP contribution in [0, 0.1) is 0 Å². The quantitative estimate of drug-likeness (QED) is 0.185. The number of rotatable bonds is 6. The third-order valence-corrected chi connectivity index (χ3v) is 9.24. The average molecular weight is 614 g/mol. The Labute approximate surface area is 279 Å². The fourth-order valence-electron chi connectivity index (χ4n) is 6.93. The molecule has 8 aromatic carbocycles. The van der Waals surface area contributed by atoms with Crippen molar-refractivity contribution in [1.82, 2.24) is 0 Å². The van der Waals surface area contributed by atoms with Crippen molar-refractivity contribution in [2.75, 3.05) is 4.90 Å². The fourth-order valence-corrected chi connectivity index (χ4v) is 6.93. The van der Waals surface area contributed by atoms with Crippen molar-refractivity contribution >= 4 is 49.8 Å². The van der Waals surface area contributed by atoms with Crippen LogP contribution < -0.4 is 4.90 Å². The number of anilines is 3. The standard InChI is InChI=1S/C46H31NO/c1-3-13-32(14-4-1)36-29-37(33-15-5-2-6-16-33)31-39(30-36)47(44-23-11-18-34-17-7-8-19-40(34)44)38-27-25-35(26-28-38)41-21-12-22-43-42-20-9-10-24-45(42)48-46(41)43/h1-31H. The van der Waals surface area contributed by atoms with Gasteiger partial charge in [0.05, 0.1) is 5.69 Å². The first kappa shape index (κ1) is 27.9. The van der Waals surface area contributed by atoms with Gasteiger partial charge in [-0.2, -0.15) is 0 Å². The van der Waals surface area contributed by atoms with E-state index in [1.165, 1.54) is 33.0 Å². The fraction of sp³-hybridized carbons (Fsp3) is 0. The molecule has 9 rings (SSSR count). The van der Waals surface area contributed by atoms with Crippen molar-refractivity contribution in [1.29, 1.82) is 0 Å². The predicted molar refractivity (Wildman–Crippen MR) is 202 cm³/mol. The summed E-state index contributed by atoms with van der Waals surface area (Å²) in [4.78, 5) is 2.40. The summed E-state index contributed by atoms with van der Waals surface area (Å²) in [6.07, 6.45) is 0. The van der Waals surface area contributed by atoms with E-state index >= 15 is 0 Å². The monoisotopic (exact) mass is 613 g/mol. The number of fused-ring (bicyclic) bond motifs is 4. The Morgan fingerprint density at radius 1 is 0.354 bits per heavy atom. The molecule has 0 amide bonds. The first-order valence-electron chi connectivity index (χ1n) is 16.3. The van der Waals surface area contributed by atoms with Crippen LogP contribution in [0.1, 0.15) is 0 Å². The molecule has 0 unspecified atom stereocenters. The molecule has 0 aliphatic heterocycles. The number of furan rings is 1. The molecule has 9 aromatic rings. The summed E-state index contributed by atoms with van der Waals surface area (Å²) >= 11 is 0. The van der Waals surface area contributed by atoms with E-state index in [1.54, 1.807) is 0 Å². The van der Waals surface area contributed by atoms with Crippen LogP contribution in [0.3, 0.4) is 0 Å². The minimum Gasteiger partial charge on any atom is -0.455 e. The molecule has 1 aromatic heterocycles. The van der Waals surface area contributed by atoms with Crippen LogP contribution in [0.15, 0.2) is 192 Å². The summed E-state index contributed by atoms with van der Waals surface area (Å²) in [5.74, 6) is 0. The van der Waals surface area contributed by atoms with Crippen molar-refractivity contribution in [2.24, 2.45) is 0 Å². The molecule has 0 fully saturated rings. The van der Waals surface area contributed by atoms with Crippen LogP contribution in [0.5, 0.6) is 0 Å². The van der Waals surface area contributed by atoms with Gasteiger partial charge in [-0.3, -0.25) is 0 Å². The Balaban J connectivity index is 1.24. The maximum atomic E-state index is 6.40. The van der Waals surface area contributed by atoms with E-state index in [0.717, 1.165) is 50.1 Å². The Bertz CT molecular complexity index is 2480. The molecule has 0 bridgehead atoms. The van der Waals surface area contributed by atoms with E-state index in [9.17, 15) is 0 Å². The molecule has 0 aliphatic rings. The molecule has 0 saturated heterocycles. The van der Waals surface area contributed by atoms with Gasteiger partial charge in [-0.1, -0.05) is 146 Å². The van der Waals surface area contributed by atoms with Gasteiger partial charge in [0.2, 0.25) is 0 Å². The number of nitrogens with zero attached hydrogens (tertiary/aromatic N) is 1. The van der Waals surface area contributed by atoms with Crippen molar-refractivity contribution in [2.45, 2.75) is 0 Å². The Kier molecular flexibility index (Phi) is 6.84. The number of benzene rings is 8. The summed E-state index contributed by atoms with van der Waals surface area (Å²) in [7, 11) is 0. The van der Waals surface area contributed by atoms with E-state index in [4.69, 9.17) is 4.42 Å². The molecular weight excluding hydrogens is 583 g/mol. The lowest BCUT2D eigenvalue weighted by Gasteiger charge is -2.28. The summed E-state index contributed by atoms with van der Waals surface area (Å²) in [5.41, 5.74) is 12.0. The molecule has 0 spiro atoms. The number of para-hydroxylation sites is 2. The third kappa shape index (κ3) is 4.92. The smallest absolute Gasteiger partial charge is 0.143 e. The lowest BCUT2D eigenvalue weighted by atomic mass is 9.96. The van der Waals surface area contributed by atoms with Gasteiger partial charge in [-0.15, -0.1) is 0 Å².